The molecular weight excluding hydrogens is 248 g/mol. The van der Waals surface area contributed by atoms with E-state index >= 15 is 0 Å². The second kappa shape index (κ2) is 4.43. The molecule has 0 spiro atoms. The standard InChI is InChI=1S/C18H14S/c1-2-7-13(8-3-1)14-10-6-12-17-18(14)15-9-4-5-11-16(15)19-17/h1-12,15-16H. The molecule has 0 N–H and O–H groups in total. The van der Waals surface area contributed by atoms with Crippen molar-refractivity contribution in [2.75, 3.05) is 0 Å². The molecule has 0 aromatic heterocycles. The number of rotatable bonds is 1. The molecule has 0 nitrogen and oxygen atoms in total. The van der Waals surface area contributed by atoms with E-state index < -0.39 is 0 Å². The number of hydrogen-bond donors (Lipinski definition) is 0. The zero-order chi connectivity index (χ0) is 12.7. The molecule has 0 saturated heterocycles. The molecule has 4 rings (SSSR count). The highest BCUT2D eigenvalue weighted by Gasteiger charge is 2.32. The van der Waals surface area contributed by atoms with Gasteiger partial charge in [-0.3, -0.25) is 0 Å². The zero-order valence-electron chi connectivity index (χ0n) is 10.5. The molecule has 19 heavy (non-hydrogen) atoms. The van der Waals surface area contributed by atoms with Crippen molar-refractivity contribution in [3.05, 3.63) is 78.4 Å². The molecule has 0 bridgehead atoms. The number of benzene rings is 2. The van der Waals surface area contributed by atoms with E-state index in [4.69, 9.17) is 0 Å². The Hall–Kier alpha value is -1.73. The van der Waals surface area contributed by atoms with Crippen LogP contribution in [0.5, 0.6) is 0 Å². The molecule has 2 aromatic carbocycles. The lowest BCUT2D eigenvalue weighted by molar-refractivity contribution is 0.883. The molecule has 1 aliphatic carbocycles. The van der Waals surface area contributed by atoms with Crippen molar-refractivity contribution in [2.24, 2.45) is 0 Å². The largest absolute Gasteiger partial charge is 0.117 e. The van der Waals surface area contributed by atoms with Gasteiger partial charge in [-0.1, -0.05) is 66.8 Å². The topological polar surface area (TPSA) is 0 Å². The fourth-order valence-electron chi connectivity index (χ4n) is 2.97. The Kier molecular flexibility index (Phi) is 2.59. The van der Waals surface area contributed by atoms with Crippen molar-refractivity contribution in [1.82, 2.24) is 0 Å². The van der Waals surface area contributed by atoms with Crippen LogP contribution in [0.15, 0.2) is 77.7 Å². The highest BCUT2D eigenvalue weighted by Crippen LogP contribution is 2.51. The highest BCUT2D eigenvalue weighted by molar-refractivity contribution is 8.00. The summed E-state index contributed by atoms with van der Waals surface area (Å²) in [7, 11) is 0. The van der Waals surface area contributed by atoms with Gasteiger partial charge in [-0.2, -0.15) is 0 Å². The number of fused-ring (bicyclic) bond motifs is 3. The maximum Gasteiger partial charge on any atom is 0.0381 e. The Bertz CT molecular complexity index is 667. The molecule has 2 aliphatic rings. The van der Waals surface area contributed by atoms with E-state index in [-0.39, 0.29) is 0 Å². The van der Waals surface area contributed by atoms with Gasteiger partial charge in [-0.25, -0.2) is 0 Å². The number of thioether (sulfide) groups is 1. The maximum absolute atomic E-state index is 2.34. The average molecular weight is 262 g/mol. The highest BCUT2D eigenvalue weighted by atomic mass is 32.2. The van der Waals surface area contributed by atoms with Gasteiger partial charge in [0.25, 0.3) is 0 Å². The van der Waals surface area contributed by atoms with Gasteiger partial charge in [0.05, 0.1) is 0 Å². The van der Waals surface area contributed by atoms with Crippen molar-refractivity contribution >= 4 is 11.8 Å². The normalized spacial score (nSPS) is 23.2. The van der Waals surface area contributed by atoms with E-state index in [1.807, 2.05) is 11.8 Å². The lowest BCUT2D eigenvalue weighted by Crippen LogP contribution is -2.07. The van der Waals surface area contributed by atoms with Crippen LogP contribution in [-0.2, 0) is 0 Å². The average Bonchev–Trinajstić information content (AvgIpc) is 2.86. The van der Waals surface area contributed by atoms with Gasteiger partial charge < -0.3 is 0 Å². The monoisotopic (exact) mass is 262 g/mol. The summed E-state index contributed by atoms with van der Waals surface area (Å²) in [5.74, 6) is 0.529. The van der Waals surface area contributed by atoms with E-state index in [1.165, 1.54) is 21.6 Å². The SMILES string of the molecule is C1=CC2Sc3cccc(-c4ccccc4)c3C2C=C1. The van der Waals surface area contributed by atoms with Gasteiger partial charge in [0.15, 0.2) is 0 Å². The van der Waals surface area contributed by atoms with Gasteiger partial charge in [-0.15, -0.1) is 11.8 Å². The van der Waals surface area contributed by atoms with E-state index in [9.17, 15) is 0 Å². The summed E-state index contributed by atoms with van der Waals surface area (Å²) < 4.78 is 0. The minimum atomic E-state index is 0.529. The smallest absolute Gasteiger partial charge is 0.0381 e. The van der Waals surface area contributed by atoms with Crippen LogP contribution < -0.4 is 0 Å². The molecular formula is C18H14S. The van der Waals surface area contributed by atoms with Gasteiger partial charge in [0.2, 0.25) is 0 Å². The molecule has 92 valence electrons. The third-order valence-corrected chi connectivity index (χ3v) is 5.16. The summed E-state index contributed by atoms with van der Waals surface area (Å²) in [5.41, 5.74) is 4.21. The first-order valence-electron chi connectivity index (χ1n) is 6.63. The lowest BCUT2D eigenvalue weighted by Gasteiger charge is -2.17. The van der Waals surface area contributed by atoms with Crippen molar-refractivity contribution in [3.8, 4) is 11.1 Å². The fraction of sp³-hybridized carbons (Fsp3) is 0.111. The quantitative estimate of drug-likeness (QED) is 0.694. The van der Waals surface area contributed by atoms with Crippen LogP contribution in [0.3, 0.4) is 0 Å². The van der Waals surface area contributed by atoms with Crippen LogP contribution in [0, 0.1) is 0 Å². The molecule has 2 aromatic rings. The van der Waals surface area contributed by atoms with Gasteiger partial charge in [0.1, 0.15) is 0 Å². The molecule has 1 heterocycles. The van der Waals surface area contributed by atoms with Gasteiger partial charge in [0, 0.05) is 16.1 Å². The van der Waals surface area contributed by atoms with Crippen LogP contribution in [0.25, 0.3) is 11.1 Å². The van der Waals surface area contributed by atoms with Crippen LogP contribution in [0.4, 0.5) is 0 Å². The summed E-state index contributed by atoms with van der Waals surface area (Å²) >= 11 is 1.99. The van der Waals surface area contributed by atoms with Crippen LogP contribution in [0.1, 0.15) is 11.5 Å². The minimum Gasteiger partial charge on any atom is -0.117 e. The molecule has 1 aliphatic heterocycles. The van der Waals surface area contributed by atoms with Crippen LogP contribution >= 0.6 is 11.8 Å². The summed E-state index contributed by atoms with van der Waals surface area (Å²) in [6, 6.07) is 17.4. The van der Waals surface area contributed by atoms with Crippen LogP contribution in [-0.4, -0.2) is 5.25 Å². The third kappa shape index (κ3) is 1.77. The van der Waals surface area contributed by atoms with E-state index in [0.29, 0.717) is 11.2 Å². The maximum atomic E-state index is 2.34. The Morgan fingerprint density at radius 2 is 1.63 bits per heavy atom. The minimum absolute atomic E-state index is 0.529. The second-order valence-corrected chi connectivity index (χ2v) is 6.18. The first-order valence-corrected chi connectivity index (χ1v) is 7.51. The molecule has 1 heteroatoms. The van der Waals surface area contributed by atoms with Crippen molar-refractivity contribution in [3.63, 3.8) is 0 Å². The Labute approximate surface area is 117 Å². The lowest BCUT2D eigenvalue weighted by atomic mass is 9.87. The van der Waals surface area contributed by atoms with Crippen molar-refractivity contribution in [2.45, 2.75) is 16.1 Å². The fourth-order valence-corrected chi connectivity index (χ4v) is 4.33. The van der Waals surface area contributed by atoms with Gasteiger partial charge in [-0.05, 0) is 22.8 Å². The predicted octanol–water partition coefficient (Wildman–Crippen LogP) is 5.04. The molecule has 2 atom stereocenters. The predicted molar refractivity (Wildman–Crippen MR) is 82.5 cm³/mol. The molecule has 2 unspecified atom stereocenters. The zero-order valence-corrected chi connectivity index (χ0v) is 11.3. The first kappa shape index (κ1) is 11.1. The molecule has 0 saturated carbocycles. The second-order valence-electron chi connectivity index (χ2n) is 4.96. The number of allylic oxidation sites excluding steroid dienone is 3. The summed E-state index contributed by atoms with van der Waals surface area (Å²) in [5, 5.41) is 0.574. The van der Waals surface area contributed by atoms with E-state index in [1.54, 1.807) is 0 Å². The third-order valence-electron chi connectivity index (χ3n) is 3.83. The number of hydrogen-bond acceptors (Lipinski definition) is 1. The summed E-state index contributed by atoms with van der Waals surface area (Å²) in [6.45, 7) is 0. The Morgan fingerprint density at radius 3 is 2.53 bits per heavy atom. The van der Waals surface area contributed by atoms with E-state index in [2.05, 4.69) is 72.8 Å². The molecule has 0 fully saturated rings. The molecule has 0 amide bonds. The summed E-state index contributed by atoms with van der Waals surface area (Å²) in [4.78, 5) is 1.44. The Morgan fingerprint density at radius 1 is 0.789 bits per heavy atom. The van der Waals surface area contributed by atoms with Crippen LogP contribution in [0.2, 0.25) is 0 Å². The summed E-state index contributed by atoms with van der Waals surface area (Å²) in [6.07, 6.45) is 9.01. The molecule has 0 radical (unpaired) electrons. The van der Waals surface area contributed by atoms with Crippen molar-refractivity contribution in [1.29, 1.82) is 0 Å². The first-order chi connectivity index (χ1) is 9.43. The van der Waals surface area contributed by atoms with Crippen molar-refractivity contribution < 1.29 is 0 Å². The Balaban J connectivity index is 1.91. The van der Waals surface area contributed by atoms with E-state index in [0.717, 1.165) is 0 Å². The van der Waals surface area contributed by atoms with Gasteiger partial charge >= 0.3 is 0 Å².